The lowest BCUT2D eigenvalue weighted by molar-refractivity contribution is -0.384. The fourth-order valence-electron chi connectivity index (χ4n) is 2.32. The smallest absolute Gasteiger partial charge is 0.293 e. The molecule has 0 spiro atoms. The Balaban J connectivity index is 2.13. The van der Waals surface area contributed by atoms with Crippen molar-refractivity contribution < 1.29 is 9.66 Å². The Labute approximate surface area is 120 Å². The van der Waals surface area contributed by atoms with Crippen LogP contribution in [0.4, 0.5) is 11.4 Å². The Hall–Kier alpha value is -1.14. The van der Waals surface area contributed by atoms with Gasteiger partial charge in [0, 0.05) is 30.7 Å². The Morgan fingerprint density at radius 2 is 2.32 bits per heavy atom. The molecule has 6 heteroatoms. The molecule has 1 unspecified atom stereocenters. The van der Waals surface area contributed by atoms with Crippen LogP contribution in [0.2, 0.25) is 0 Å². The van der Waals surface area contributed by atoms with Crippen LogP contribution in [0.15, 0.2) is 22.7 Å². The molecule has 1 aromatic rings. The molecule has 19 heavy (non-hydrogen) atoms. The first-order chi connectivity index (χ1) is 9.08. The third kappa shape index (κ3) is 3.67. The van der Waals surface area contributed by atoms with Crippen molar-refractivity contribution in [2.24, 2.45) is 0 Å². The zero-order chi connectivity index (χ0) is 13.8. The number of halogens is 1. The summed E-state index contributed by atoms with van der Waals surface area (Å²) in [6.45, 7) is 1.48. The molecule has 0 amide bonds. The van der Waals surface area contributed by atoms with E-state index in [1.165, 1.54) is 12.5 Å². The van der Waals surface area contributed by atoms with Gasteiger partial charge in [-0.2, -0.15) is 0 Å². The van der Waals surface area contributed by atoms with Gasteiger partial charge in [0.25, 0.3) is 5.69 Å². The van der Waals surface area contributed by atoms with E-state index in [0.29, 0.717) is 16.7 Å². The number of nitro benzene ring substituents is 1. The summed E-state index contributed by atoms with van der Waals surface area (Å²) in [4.78, 5) is 12.7. The molecule has 1 aliphatic rings. The average Bonchev–Trinajstić information content (AvgIpc) is 2.39. The molecule has 1 fully saturated rings. The van der Waals surface area contributed by atoms with Crippen molar-refractivity contribution in [2.45, 2.75) is 25.4 Å². The molecular weight excluding hydrogens is 312 g/mol. The maximum Gasteiger partial charge on any atom is 0.293 e. The van der Waals surface area contributed by atoms with Crippen molar-refractivity contribution >= 4 is 27.3 Å². The summed E-state index contributed by atoms with van der Waals surface area (Å²) >= 11 is 3.26. The summed E-state index contributed by atoms with van der Waals surface area (Å²) in [7, 11) is 1.87. The van der Waals surface area contributed by atoms with E-state index in [1.54, 1.807) is 6.07 Å². The third-order valence-corrected chi connectivity index (χ3v) is 3.79. The first kappa shape index (κ1) is 14.3. The molecule has 0 radical (unpaired) electrons. The van der Waals surface area contributed by atoms with Crippen LogP contribution in [0.25, 0.3) is 0 Å². The maximum atomic E-state index is 11.1. The fourth-order valence-corrected chi connectivity index (χ4v) is 2.67. The Morgan fingerprint density at radius 3 is 2.95 bits per heavy atom. The van der Waals surface area contributed by atoms with Gasteiger partial charge in [0.2, 0.25) is 0 Å². The zero-order valence-corrected chi connectivity index (χ0v) is 12.4. The molecule has 104 valence electrons. The lowest BCUT2D eigenvalue weighted by atomic mass is 10.1. The number of nitrogens with zero attached hydrogens (tertiary/aromatic N) is 2. The molecule has 1 aromatic carbocycles. The van der Waals surface area contributed by atoms with E-state index in [4.69, 9.17) is 4.74 Å². The third-order valence-electron chi connectivity index (χ3n) is 3.30. The summed E-state index contributed by atoms with van der Waals surface area (Å²) in [5, 5.41) is 11.1. The Morgan fingerprint density at radius 1 is 1.53 bits per heavy atom. The Bertz CT molecular complexity index is 461. The predicted octanol–water partition coefficient (Wildman–Crippen LogP) is 3.36. The highest BCUT2D eigenvalue weighted by atomic mass is 79.9. The van der Waals surface area contributed by atoms with E-state index in [-0.39, 0.29) is 16.7 Å². The first-order valence-corrected chi connectivity index (χ1v) is 7.14. The molecule has 0 bridgehead atoms. The van der Waals surface area contributed by atoms with Gasteiger partial charge >= 0.3 is 0 Å². The fraction of sp³-hybridized carbons (Fsp3) is 0.538. The highest BCUT2D eigenvalue weighted by Gasteiger charge is 2.21. The lowest BCUT2D eigenvalue weighted by Crippen LogP contribution is -2.33. The van der Waals surface area contributed by atoms with Crippen LogP contribution in [0.3, 0.4) is 0 Å². The van der Waals surface area contributed by atoms with E-state index >= 15 is 0 Å². The van der Waals surface area contributed by atoms with E-state index in [2.05, 4.69) is 15.9 Å². The largest absolute Gasteiger partial charge is 0.376 e. The van der Waals surface area contributed by atoms with Crippen LogP contribution in [-0.4, -0.2) is 31.2 Å². The SMILES string of the molecule is CN(CC1CCCCO1)c1ccc(Br)cc1[N+](=O)[O-]. The van der Waals surface area contributed by atoms with Crippen LogP contribution in [0.5, 0.6) is 0 Å². The standard InChI is InChI=1S/C13H17BrN2O3/c1-15(9-11-4-2-3-7-19-11)12-6-5-10(14)8-13(12)16(17)18/h5-6,8,11H,2-4,7,9H2,1H3. The lowest BCUT2D eigenvalue weighted by Gasteiger charge is -2.28. The number of hydrogen-bond acceptors (Lipinski definition) is 4. The van der Waals surface area contributed by atoms with Gasteiger partial charge in [0.1, 0.15) is 5.69 Å². The molecule has 2 rings (SSSR count). The summed E-state index contributed by atoms with van der Waals surface area (Å²) in [5.41, 5.74) is 0.745. The van der Waals surface area contributed by atoms with Crippen molar-refractivity contribution in [1.82, 2.24) is 0 Å². The van der Waals surface area contributed by atoms with Crippen LogP contribution in [0, 0.1) is 10.1 Å². The molecule has 0 aliphatic carbocycles. The van der Waals surface area contributed by atoms with Crippen LogP contribution in [0.1, 0.15) is 19.3 Å². The molecule has 0 N–H and O–H groups in total. The topological polar surface area (TPSA) is 55.6 Å². The molecule has 0 aromatic heterocycles. The van der Waals surface area contributed by atoms with Crippen molar-refractivity contribution in [1.29, 1.82) is 0 Å². The molecule has 1 heterocycles. The average molecular weight is 329 g/mol. The van der Waals surface area contributed by atoms with Crippen LogP contribution < -0.4 is 4.90 Å². The predicted molar refractivity (Wildman–Crippen MR) is 77.7 cm³/mol. The van der Waals surface area contributed by atoms with Gasteiger partial charge in [-0.25, -0.2) is 0 Å². The molecule has 1 saturated heterocycles. The molecular formula is C13H17BrN2O3. The van der Waals surface area contributed by atoms with Crippen molar-refractivity contribution in [3.63, 3.8) is 0 Å². The van der Waals surface area contributed by atoms with Gasteiger partial charge in [-0.15, -0.1) is 0 Å². The summed E-state index contributed by atoms with van der Waals surface area (Å²) in [6, 6.07) is 5.12. The van der Waals surface area contributed by atoms with Gasteiger partial charge in [0.15, 0.2) is 0 Å². The Kier molecular flexibility index (Phi) is 4.76. The van der Waals surface area contributed by atoms with Crippen molar-refractivity contribution in [3.8, 4) is 0 Å². The van der Waals surface area contributed by atoms with E-state index in [0.717, 1.165) is 19.4 Å². The van der Waals surface area contributed by atoms with Gasteiger partial charge < -0.3 is 9.64 Å². The number of nitro groups is 1. The highest BCUT2D eigenvalue weighted by molar-refractivity contribution is 9.10. The van der Waals surface area contributed by atoms with Gasteiger partial charge in [-0.1, -0.05) is 15.9 Å². The van der Waals surface area contributed by atoms with Gasteiger partial charge in [0.05, 0.1) is 11.0 Å². The van der Waals surface area contributed by atoms with Crippen molar-refractivity contribution in [2.75, 3.05) is 25.1 Å². The monoisotopic (exact) mass is 328 g/mol. The van der Waals surface area contributed by atoms with Gasteiger partial charge in [-0.3, -0.25) is 10.1 Å². The molecule has 1 atom stereocenters. The van der Waals surface area contributed by atoms with E-state index in [9.17, 15) is 10.1 Å². The number of rotatable bonds is 4. The number of hydrogen-bond donors (Lipinski definition) is 0. The second kappa shape index (κ2) is 6.34. The number of ether oxygens (including phenoxy) is 1. The zero-order valence-electron chi connectivity index (χ0n) is 10.8. The second-order valence-corrected chi connectivity index (χ2v) is 5.67. The minimum Gasteiger partial charge on any atom is -0.376 e. The number of likely N-dealkylation sites (N-methyl/N-ethyl adjacent to an activating group) is 1. The van der Waals surface area contributed by atoms with Crippen molar-refractivity contribution in [3.05, 3.63) is 32.8 Å². The molecule has 0 saturated carbocycles. The minimum absolute atomic E-state index is 0.118. The highest BCUT2D eigenvalue weighted by Crippen LogP contribution is 2.31. The minimum atomic E-state index is -0.349. The quantitative estimate of drug-likeness (QED) is 0.628. The molecule has 5 nitrogen and oxygen atoms in total. The summed E-state index contributed by atoms with van der Waals surface area (Å²) in [5.74, 6) is 0. The molecule has 1 aliphatic heterocycles. The van der Waals surface area contributed by atoms with Crippen LogP contribution >= 0.6 is 15.9 Å². The van der Waals surface area contributed by atoms with E-state index < -0.39 is 0 Å². The normalized spacial score (nSPS) is 19.2. The van der Waals surface area contributed by atoms with E-state index in [1.807, 2.05) is 18.0 Å². The summed E-state index contributed by atoms with van der Waals surface area (Å²) in [6.07, 6.45) is 3.47. The number of benzene rings is 1. The number of anilines is 1. The summed E-state index contributed by atoms with van der Waals surface area (Å²) < 4.78 is 6.39. The second-order valence-electron chi connectivity index (χ2n) is 4.76. The first-order valence-electron chi connectivity index (χ1n) is 6.34. The van der Waals surface area contributed by atoms with Gasteiger partial charge in [-0.05, 0) is 31.4 Å². The van der Waals surface area contributed by atoms with Crippen LogP contribution in [-0.2, 0) is 4.74 Å². The maximum absolute atomic E-state index is 11.1.